The molecular formula is C23H43N5O2. The summed E-state index contributed by atoms with van der Waals surface area (Å²) >= 11 is 0. The first-order valence-corrected chi connectivity index (χ1v) is 12.4. The predicted molar refractivity (Wildman–Crippen MR) is 122 cm³/mol. The number of amides is 1. The molecule has 1 amide bonds. The van der Waals surface area contributed by atoms with Gasteiger partial charge in [-0.15, -0.1) is 0 Å². The van der Waals surface area contributed by atoms with Crippen LogP contribution in [0.25, 0.3) is 0 Å². The fraction of sp³-hybridized carbons (Fsp3) is 0.913. The molecule has 0 aromatic carbocycles. The van der Waals surface area contributed by atoms with Gasteiger partial charge in [-0.05, 0) is 46.0 Å². The number of likely N-dealkylation sites (tertiary alicyclic amines) is 1. The Morgan fingerprint density at radius 2 is 1.70 bits per heavy atom. The number of hydrogen-bond acceptors (Lipinski definition) is 4. The normalized spacial score (nSPS) is 23.1. The lowest BCUT2D eigenvalue weighted by Gasteiger charge is -2.39. The highest BCUT2D eigenvalue weighted by Gasteiger charge is 2.30. The molecule has 30 heavy (non-hydrogen) atoms. The van der Waals surface area contributed by atoms with E-state index in [1.807, 2.05) is 4.90 Å². The Hall–Kier alpha value is -1.34. The Morgan fingerprint density at radius 3 is 2.37 bits per heavy atom. The molecule has 0 aromatic heterocycles. The Bertz CT molecular complexity index is 536. The monoisotopic (exact) mass is 421 g/mol. The van der Waals surface area contributed by atoms with E-state index >= 15 is 0 Å². The van der Waals surface area contributed by atoms with Crippen LogP contribution in [0.3, 0.4) is 0 Å². The number of guanidine groups is 1. The highest BCUT2D eigenvalue weighted by Crippen LogP contribution is 2.20. The van der Waals surface area contributed by atoms with Crippen molar-refractivity contribution < 1.29 is 9.53 Å². The van der Waals surface area contributed by atoms with Gasteiger partial charge < -0.3 is 19.9 Å². The largest absolute Gasteiger partial charge is 0.378 e. The van der Waals surface area contributed by atoms with Crippen molar-refractivity contribution in [3.8, 4) is 0 Å². The molecule has 2 heterocycles. The predicted octanol–water partition coefficient (Wildman–Crippen LogP) is 2.32. The maximum Gasteiger partial charge on any atom is 0.239 e. The van der Waals surface area contributed by atoms with Crippen LogP contribution in [0.4, 0.5) is 0 Å². The maximum atomic E-state index is 12.7. The smallest absolute Gasteiger partial charge is 0.239 e. The van der Waals surface area contributed by atoms with E-state index in [4.69, 9.17) is 9.73 Å². The van der Waals surface area contributed by atoms with Crippen molar-refractivity contribution in [1.29, 1.82) is 0 Å². The summed E-state index contributed by atoms with van der Waals surface area (Å²) in [6, 6.07) is -0.0123. The minimum Gasteiger partial charge on any atom is -0.378 e. The zero-order valence-corrected chi connectivity index (χ0v) is 19.3. The molecule has 1 N–H and O–H groups in total. The van der Waals surface area contributed by atoms with Crippen LogP contribution in [0.15, 0.2) is 4.99 Å². The van der Waals surface area contributed by atoms with Gasteiger partial charge in [-0.25, -0.2) is 0 Å². The van der Waals surface area contributed by atoms with Gasteiger partial charge in [0, 0.05) is 59.0 Å². The number of ether oxygens (including phenoxy) is 1. The number of nitrogens with one attached hydrogen (secondary N) is 1. The van der Waals surface area contributed by atoms with E-state index in [-0.39, 0.29) is 6.04 Å². The molecule has 2 aliphatic heterocycles. The van der Waals surface area contributed by atoms with E-state index in [9.17, 15) is 4.79 Å². The van der Waals surface area contributed by atoms with E-state index in [2.05, 4.69) is 29.0 Å². The summed E-state index contributed by atoms with van der Waals surface area (Å²) in [5.74, 6) is 1.31. The molecule has 2 saturated heterocycles. The molecule has 3 aliphatic rings. The van der Waals surface area contributed by atoms with Crippen molar-refractivity contribution in [2.75, 3.05) is 59.0 Å². The molecule has 0 radical (unpaired) electrons. The summed E-state index contributed by atoms with van der Waals surface area (Å²) in [4.78, 5) is 24.3. The third kappa shape index (κ3) is 6.84. The van der Waals surface area contributed by atoms with Crippen molar-refractivity contribution in [3.63, 3.8) is 0 Å². The first-order chi connectivity index (χ1) is 14.7. The molecule has 0 spiro atoms. The Balaban J connectivity index is 1.39. The van der Waals surface area contributed by atoms with Crippen LogP contribution in [-0.2, 0) is 9.53 Å². The third-order valence-electron chi connectivity index (χ3n) is 6.74. The van der Waals surface area contributed by atoms with Crippen LogP contribution in [0, 0.1) is 0 Å². The minimum atomic E-state index is -0.0123. The summed E-state index contributed by atoms with van der Waals surface area (Å²) in [6.07, 6.45) is 10.2. The zero-order valence-electron chi connectivity index (χ0n) is 19.3. The van der Waals surface area contributed by atoms with Crippen LogP contribution in [-0.4, -0.2) is 97.7 Å². The number of hydrogen-bond donors (Lipinski definition) is 1. The first kappa shape index (κ1) is 23.3. The fourth-order valence-corrected chi connectivity index (χ4v) is 4.84. The average molecular weight is 422 g/mol. The molecule has 1 unspecified atom stereocenters. The molecule has 3 fully saturated rings. The highest BCUT2D eigenvalue weighted by atomic mass is 16.5. The van der Waals surface area contributed by atoms with Gasteiger partial charge in [0.05, 0.1) is 12.1 Å². The van der Waals surface area contributed by atoms with E-state index in [1.165, 1.54) is 32.1 Å². The molecule has 0 bridgehead atoms. The number of piperazine rings is 1. The standard InChI is InChI=1S/C23H43N5O2/c1-3-24-23(25-12-9-19-30-21-10-5-4-6-11-21)28-17-15-26(16-18-28)20(2)22(29)27-13-7-8-14-27/h20-21H,3-19H2,1-2H3,(H,24,25). The highest BCUT2D eigenvalue weighted by molar-refractivity contribution is 5.82. The van der Waals surface area contributed by atoms with Gasteiger partial charge in [0.25, 0.3) is 0 Å². The van der Waals surface area contributed by atoms with Gasteiger partial charge in [-0.2, -0.15) is 0 Å². The SMILES string of the molecule is CCNC(=NCCCOC1CCCCC1)N1CCN(C(C)C(=O)N2CCCC2)CC1. The third-order valence-corrected chi connectivity index (χ3v) is 6.74. The van der Waals surface area contributed by atoms with Crippen molar-refractivity contribution in [3.05, 3.63) is 0 Å². The summed E-state index contributed by atoms with van der Waals surface area (Å²) in [5, 5.41) is 3.45. The Morgan fingerprint density at radius 1 is 1.00 bits per heavy atom. The van der Waals surface area contributed by atoms with Crippen molar-refractivity contribution in [1.82, 2.24) is 20.0 Å². The van der Waals surface area contributed by atoms with E-state index < -0.39 is 0 Å². The molecular weight excluding hydrogens is 378 g/mol. The van der Waals surface area contributed by atoms with Crippen molar-refractivity contribution >= 4 is 11.9 Å². The number of carbonyl (C=O) groups excluding carboxylic acids is 1. The van der Waals surface area contributed by atoms with Gasteiger partial charge in [0.1, 0.15) is 0 Å². The molecule has 1 aliphatic carbocycles. The molecule has 1 atom stereocenters. The number of carbonyl (C=O) groups is 1. The molecule has 172 valence electrons. The first-order valence-electron chi connectivity index (χ1n) is 12.4. The van der Waals surface area contributed by atoms with E-state index in [1.54, 1.807) is 0 Å². The van der Waals surface area contributed by atoms with Gasteiger partial charge >= 0.3 is 0 Å². The maximum absolute atomic E-state index is 12.7. The lowest BCUT2D eigenvalue weighted by molar-refractivity contribution is -0.135. The Labute approximate surface area is 183 Å². The lowest BCUT2D eigenvalue weighted by Crippen LogP contribution is -2.57. The summed E-state index contributed by atoms with van der Waals surface area (Å²) in [5.41, 5.74) is 0. The number of aliphatic imine (C=N–C) groups is 1. The zero-order chi connectivity index (χ0) is 21.2. The fourth-order valence-electron chi connectivity index (χ4n) is 4.84. The summed E-state index contributed by atoms with van der Waals surface area (Å²) in [7, 11) is 0. The summed E-state index contributed by atoms with van der Waals surface area (Å²) in [6.45, 7) is 12.2. The topological polar surface area (TPSA) is 60.4 Å². The minimum absolute atomic E-state index is 0.0123. The van der Waals surface area contributed by atoms with Crippen LogP contribution in [0.1, 0.15) is 65.2 Å². The van der Waals surface area contributed by atoms with Gasteiger partial charge in [0.15, 0.2) is 5.96 Å². The second-order valence-corrected chi connectivity index (χ2v) is 8.95. The quantitative estimate of drug-likeness (QED) is 0.370. The van der Waals surface area contributed by atoms with Gasteiger partial charge in [-0.1, -0.05) is 19.3 Å². The lowest BCUT2D eigenvalue weighted by atomic mass is 9.98. The van der Waals surface area contributed by atoms with Crippen molar-refractivity contribution in [2.24, 2.45) is 4.99 Å². The molecule has 7 heteroatoms. The molecule has 7 nitrogen and oxygen atoms in total. The van der Waals surface area contributed by atoms with Gasteiger partial charge in [-0.3, -0.25) is 14.7 Å². The number of nitrogens with zero attached hydrogens (tertiary/aromatic N) is 4. The number of rotatable bonds is 8. The van der Waals surface area contributed by atoms with E-state index in [0.29, 0.717) is 12.0 Å². The van der Waals surface area contributed by atoms with E-state index in [0.717, 1.165) is 84.2 Å². The summed E-state index contributed by atoms with van der Waals surface area (Å²) < 4.78 is 6.03. The molecule has 3 rings (SSSR count). The van der Waals surface area contributed by atoms with Crippen LogP contribution in [0.5, 0.6) is 0 Å². The Kier molecular flexibility index (Phi) is 9.72. The average Bonchev–Trinajstić information content (AvgIpc) is 3.33. The van der Waals surface area contributed by atoms with Crippen LogP contribution < -0.4 is 5.32 Å². The second kappa shape index (κ2) is 12.5. The second-order valence-electron chi connectivity index (χ2n) is 8.95. The molecule has 1 saturated carbocycles. The van der Waals surface area contributed by atoms with Crippen LogP contribution >= 0.6 is 0 Å². The van der Waals surface area contributed by atoms with Gasteiger partial charge in [0.2, 0.25) is 5.91 Å². The van der Waals surface area contributed by atoms with Crippen LogP contribution in [0.2, 0.25) is 0 Å². The van der Waals surface area contributed by atoms with Crippen molar-refractivity contribution in [2.45, 2.75) is 77.4 Å². The molecule has 0 aromatic rings.